The van der Waals surface area contributed by atoms with E-state index in [-0.39, 0.29) is 11.7 Å². The first kappa shape index (κ1) is 15.9. The van der Waals surface area contributed by atoms with Gasteiger partial charge in [0.1, 0.15) is 5.69 Å². The number of nitrogens with one attached hydrogen (secondary N) is 1. The van der Waals surface area contributed by atoms with E-state index in [9.17, 15) is 13.6 Å². The Morgan fingerprint density at radius 1 is 1.17 bits per heavy atom. The average molecular weight is 331 g/mol. The Bertz CT molecular complexity index is 786. The van der Waals surface area contributed by atoms with Crippen LogP contribution in [0, 0.1) is 0 Å². The van der Waals surface area contributed by atoms with Gasteiger partial charge >= 0.3 is 6.55 Å². The lowest BCUT2D eigenvalue weighted by atomic mass is 10.1. The van der Waals surface area contributed by atoms with Gasteiger partial charge in [-0.05, 0) is 11.6 Å². The molecule has 0 spiro atoms. The van der Waals surface area contributed by atoms with E-state index in [0.717, 1.165) is 11.8 Å². The maximum atomic E-state index is 12.6. The number of nitrogens with zero attached hydrogens (tertiary/aromatic N) is 4. The molecule has 3 aromatic rings. The third-order valence-corrected chi connectivity index (χ3v) is 3.50. The highest BCUT2D eigenvalue weighted by Crippen LogP contribution is 2.16. The number of halogens is 2. The van der Waals surface area contributed by atoms with Crippen LogP contribution in [0.15, 0.2) is 61.3 Å². The Kier molecular flexibility index (Phi) is 4.64. The van der Waals surface area contributed by atoms with Crippen LogP contribution in [0.25, 0.3) is 0 Å². The van der Waals surface area contributed by atoms with Crippen LogP contribution in [0.5, 0.6) is 0 Å². The number of carbonyl (C=O) groups is 1. The summed E-state index contributed by atoms with van der Waals surface area (Å²) in [6, 6.07) is 10.3. The second-order valence-corrected chi connectivity index (χ2v) is 5.15. The molecule has 0 bridgehead atoms. The van der Waals surface area contributed by atoms with Crippen molar-refractivity contribution in [3.8, 4) is 0 Å². The minimum absolute atomic E-state index is 0.0538. The van der Waals surface area contributed by atoms with Crippen LogP contribution in [-0.4, -0.2) is 25.2 Å². The normalized spacial score (nSPS) is 12.3. The highest BCUT2D eigenvalue weighted by Gasteiger charge is 2.19. The van der Waals surface area contributed by atoms with Gasteiger partial charge < -0.3 is 9.88 Å². The molecule has 1 N–H and O–H groups in total. The van der Waals surface area contributed by atoms with Crippen LogP contribution in [0.1, 0.15) is 28.6 Å². The summed E-state index contributed by atoms with van der Waals surface area (Å²) in [5.41, 5.74) is 0.842. The monoisotopic (exact) mass is 331 g/mol. The van der Waals surface area contributed by atoms with Gasteiger partial charge in [-0.25, -0.2) is 9.67 Å². The fourth-order valence-corrected chi connectivity index (χ4v) is 2.33. The molecule has 0 radical (unpaired) electrons. The number of hydrogen-bond acceptors (Lipinski definition) is 3. The van der Waals surface area contributed by atoms with E-state index in [1.165, 1.54) is 6.07 Å². The minimum atomic E-state index is -2.78. The van der Waals surface area contributed by atoms with Crippen LogP contribution < -0.4 is 5.32 Å². The molecule has 0 aliphatic rings. The van der Waals surface area contributed by atoms with Gasteiger partial charge in [0.15, 0.2) is 0 Å². The van der Waals surface area contributed by atoms with Crippen LogP contribution >= 0.6 is 0 Å². The zero-order chi connectivity index (χ0) is 16.9. The molecule has 0 fully saturated rings. The number of imidazole rings is 1. The van der Waals surface area contributed by atoms with Crippen molar-refractivity contribution in [3.63, 3.8) is 0 Å². The number of aromatic nitrogens is 4. The molecule has 2 aromatic heterocycles. The predicted octanol–water partition coefficient (Wildman–Crippen LogP) is 2.65. The molecule has 8 heteroatoms. The molecular weight excluding hydrogens is 316 g/mol. The smallest absolute Gasteiger partial charge is 0.333 e. The first-order valence-corrected chi connectivity index (χ1v) is 7.28. The van der Waals surface area contributed by atoms with Gasteiger partial charge in [-0.2, -0.15) is 13.9 Å². The van der Waals surface area contributed by atoms with Crippen LogP contribution in [0.4, 0.5) is 8.78 Å². The van der Waals surface area contributed by atoms with Gasteiger partial charge in [-0.1, -0.05) is 30.3 Å². The average Bonchev–Trinajstić information content (AvgIpc) is 3.26. The lowest BCUT2D eigenvalue weighted by molar-refractivity contribution is 0.0559. The van der Waals surface area contributed by atoms with Crippen molar-refractivity contribution >= 4 is 5.91 Å². The number of carbonyl (C=O) groups excluding carboxylic acids is 1. The van der Waals surface area contributed by atoms with E-state index in [0.29, 0.717) is 11.2 Å². The molecule has 0 aliphatic carbocycles. The highest BCUT2D eigenvalue weighted by molar-refractivity contribution is 5.92. The van der Waals surface area contributed by atoms with E-state index < -0.39 is 12.5 Å². The van der Waals surface area contributed by atoms with Gasteiger partial charge in [0.05, 0.1) is 12.4 Å². The van der Waals surface area contributed by atoms with Crippen molar-refractivity contribution in [3.05, 3.63) is 72.6 Å². The van der Waals surface area contributed by atoms with E-state index in [4.69, 9.17) is 0 Å². The van der Waals surface area contributed by atoms with Gasteiger partial charge in [0.2, 0.25) is 0 Å². The Morgan fingerprint density at radius 2 is 1.96 bits per heavy atom. The molecule has 0 aliphatic heterocycles. The third kappa shape index (κ3) is 3.65. The SMILES string of the molecule is O=C(N[C@H](Cn1ccnc1)c1ccccc1)c1ccn(C(F)F)n1. The van der Waals surface area contributed by atoms with Crippen molar-refractivity contribution in [2.75, 3.05) is 0 Å². The third-order valence-electron chi connectivity index (χ3n) is 3.50. The second-order valence-electron chi connectivity index (χ2n) is 5.15. The predicted molar refractivity (Wildman–Crippen MR) is 82.4 cm³/mol. The Balaban J connectivity index is 1.79. The Morgan fingerprint density at radius 3 is 2.58 bits per heavy atom. The highest BCUT2D eigenvalue weighted by atomic mass is 19.3. The minimum Gasteiger partial charge on any atom is -0.342 e. The van der Waals surface area contributed by atoms with Crippen molar-refractivity contribution in [1.82, 2.24) is 24.6 Å². The van der Waals surface area contributed by atoms with Crippen LogP contribution in [0.3, 0.4) is 0 Å². The Hall–Kier alpha value is -3.03. The second kappa shape index (κ2) is 7.03. The molecule has 1 atom stereocenters. The van der Waals surface area contributed by atoms with Crippen molar-refractivity contribution < 1.29 is 13.6 Å². The van der Waals surface area contributed by atoms with Crippen molar-refractivity contribution in [1.29, 1.82) is 0 Å². The van der Waals surface area contributed by atoms with E-state index in [1.54, 1.807) is 18.7 Å². The maximum absolute atomic E-state index is 12.6. The number of benzene rings is 1. The molecule has 0 unspecified atom stereocenters. The molecule has 6 nitrogen and oxygen atoms in total. The fraction of sp³-hybridized carbons (Fsp3) is 0.188. The number of hydrogen-bond donors (Lipinski definition) is 1. The Labute approximate surface area is 136 Å². The summed E-state index contributed by atoms with van der Waals surface area (Å²) in [6.07, 6.45) is 6.16. The van der Waals surface area contributed by atoms with E-state index >= 15 is 0 Å². The molecule has 0 saturated carbocycles. The molecule has 2 heterocycles. The molecular formula is C16H15F2N5O. The summed E-state index contributed by atoms with van der Waals surface area (Å²) in [4.78, 5) is 16.3. The summed E-state index contributed by atoms with van der Waals surface area (Å²) < 4.78 is 27.4. The zero-order valence-electron chi connectivity index (χ0n) is 12.6. The lowest BCUT2D eigenvalue weighted by Gasteiger charge is -2.19. The first-order chi connectivity index (χ1) is 11.6. The molecule has 1 amide bonds. The molecule has 1 aromatic carbocycles. The van der Waals surface area contributed by atoms with Crippen molar-refractivity contribution in [2.24, 2.45) is 0 Å². The lowest BCUT2D eigenvalue weighted by Crippen LogP contribution is -2.31. The van der Waals surface area contributed by atoms with Gasteiger partial charge in [-0.15, -0.1) is 0 Å². The number of amides is 1. The summed E-state index contributed by atoms with van der Waals surface area (Å²) >= 11 is 0. The van der Waals surface area contributed by atoms with Gasteiger partial charge in [-0.3, -0.25) is 4.79 Å². The maximum Gasteiger partial charge on any atom is 0.333 e. The zero-order valence-corrected chi connectivity index (χ0v) is 12.6. The topological polar surface area (TPSA) is 64.7 Å². The quantitative estimate of drug-likeness (QED) is 0.755. The summed E-state index contributed by atoms with van der Waals surface area (Å²) in [5.74, 6) is -0.511. The molecule has 24 heavy (non-hydrogen) atoms. The van der Waals surface area contributed by atoms with E-state index in [2.05, 4.69) is 15.4 Å². The molecule has 0 saturated heterocycles. The largest absolute Gasteiger partial charge is 0.342 e. The van der Waals surface area contributed by atoms with Crippen LogP contribution in [-0.2, 0) is 6.54 Å². The number of alkyl halides is 2. The van der Waals surface area contributed by atoms with Crippen molar-refractivity contribution in [2.45, 2.75) is 19.1 Å². The molecule has 3 rings (SSSR count). The van der Waals surface area contributed by atoms with Gasteiger partial charge in [0, 0.05) is 25.1 Å². The van der Waals surface area contributed by atoms with Crippen LogP contribution in [0.2, 0.25) is 0 Å². The van der Waals surface area contributed by atoms with Gasteiger partial charge in [0.25, 0.3) is 5.91 Å². The summed E-state index contributed by atoms with van der Waals surface area (Å²) in [6.45, 7) is -2.31. The summed E-state index contributed by atoms with van der Waals surface area (Å²) in [7, 11) is 0. The van der Waals surface area contributed by atoms with E-state index in [1.807, 2.05) is 34.9 Å². The molecule has 124 valence electrons. The standard InChI is InChI=1S/C16H15F2N5O/c17-16(18)23-8-6-13(21-23)15(24)20-14(10-22-9-7-19-11-22)12-4-2-1-3-5-12/h1-9,11,14,16H,10H2,(H,20,24)/t14-/m1/s1. The summed E-state index contributed by atoms with van der Waals surface area (Å²) in [5, 5.41) is 6.42. The number of rotatable bonds is 6. The first-order valence-electron chi connectivity index (χ1n) is 7.28. The fourth-order valence-electron chi connectivity index (χ4n) is 2.33.